The molecular weight excluding hydrogens is 667 g/mol. The Hall–Kier alpha value is -7.15. The van der Waals surface area contributed by atoms with Gasteiger partial charge in [0, 0.05) is 38.8 Å². The SMILES string of the molecule is CC1(C)c2ccccc2-c2ccc(Nc3ccc(-c4ccc5c(c4)c4ccccc4n5-c4ccc(-c5cccc(C#N)c5)cc4)cc3-c3ccccc3)cc21. The molecule has 0 saturated heterocycles. The molecule has 0 atom stereocenters. The summed E-state index contributed by atoms with van der Waals surface area (Å²) in [6, 6.07) is 67.2. The second kappa shape index (κ2) is 12.8. The Morgan fingerprint density at radius 1 is 0.473 bits per heavy atom. The molecule has 1 aliphatic carbocycles. The molecule has 1 aliphatic rings. The summed E-state index contributed by atoms with van der Waals surface area (Å²) in [5.74, 6) is 0. The predicted octanol–water partition coefficient (Wildman–Crippen LogP) is 13.7. The van der Waals surface area contributed by atoms with Crippen LogP contribution in [0.5, 0.6) is 0 Å². The van der Waals surface area contributed by atoms with Crippen LogP contribution in [-0.4, -0.2) is 4.57 Å². The first-order valence-corrected chi connectivity index (χ1v) is 18.8. The van der Waals surface area contributed by atoms with Crippen molar-refractivity contribution < 1.29 is 0 Å². The number of fused-ring (bicyclic) bond motifs is 6. The average molecular weight is 704 g/mol. The molecule has 1 aromatic heterocycles. The quantitative estimate of drug-likeness (QED) is 0.187. The molecule has 0 spiro atoms. The molecule has 10 rings (SSSR count). The van der Waals surface area contributed by atoms with Crippen molar-refractivity contribution >= 4 is 33.2 Å². The summed E-state index contributed by atoms with van der Waals surface area (Å²) in [4.78, 5) is 0. The summed E-state index contributed by atoms with van der Waals surface area (Å²) < 4.78 is 2.35. The monoisotopic (exact) mass is 703 g/mol. The third-order valence-corrected chi connectivity index (χ3v) is 11.4. The first kappa shape index (κ1) is 32.5. The zero-order chi connectivity index (χ0) is 37.1. The van der Waals surface area contributed by atoms with E-state index in [4.69, 9.17) is 0 Å². The molecule has 0 saturated carbocycles. The third kappa shape index (κ3) is 5.42. The highest BCUT2D eigenvalue weighted by Gasteiger charge is 2.35. The van der Waals surface area contributed by atoms with Crippen LogP contribution < -0.4 is 5.32 Å². The highest BCUT2D eigenvalue weighted by atomic mass is 15.0. The zero-order valence-corrected chi connectivity index (χ0v) is 30.7. The number of benzene rings is 8. The Morgan fingerprint density at radius 3 is 2.00 bits per heavy atom. The number of hydrogen-bond acceptors (Lipinski definition) is 2. The van der Waals surface area contributed by atoms with Crippen molar-refractivity contribution in [3.63, 3.8) is 0 Å². The Kier molecular flexibility index (Phi) is 7.54. The van der Waals surface area contributed by atoms with E-state index in [1.165, 1.54) is 49.7 Å². The van der Waals surface area contributed by atoms with Crippen molar-refractivity contribution in [1.82, 2.24) is 4.57 Å². The van der Waals surface area contributed by atoms with Crippen molar-refractivity contribution in [2.24, 2.45) is 0 Å². The number of para-hydroxylation sites is 1. The minimum Gasteiger partial charge on any atom is -0.355 e. The lowest BCUT2D eigenvalue weighted by Crippen LogP contribution is -2.15. The maximum atomic E-state index is 9.41. The van der Waals surface area contributed by atoms with Crippen LogP contribution in [0.1, 0.15) is 30.5 Å². The van der Waals surface area contributed by atoms with E-state index in [-0.39, 0.29) is 5.41 Å². The van der Waals surface area contributed by atoms with Gasteiger partial charge in [-0.15, -0.1) is 0 Å². The Morgan fingerprint density at radius 2 is 1.15 bits per heavy atom. The Labute approximate surface area is 321 Å². The fourth-order valence-corrected chi connectivity index (χ4v) is 8.63. The van der Waals surface area contributed by atoms with E-state index in [1.807, 2.05) is 18.2 Å². The third-order valence-electron chi connectivity index (χ3n) is 11.4. The fourth-order valence-electron chi connectivity index (χ4n) is 8.63. The van der Waals surface area contributed by atoms with Gasteiger partial charge in [0.1, 0.15) is 0 Å². The van der Waals surface area contributed by atoms with Crippen LogP contribution in [0.4, 0.5) is 11.4 Å². The molecule has 3 nitrogen and oxygen atoms in total. The molecule has 0 amide bonds. The molecule has 0 fully saturated rings. The normalized spacial score (nSPS) is 12.7. The van der Waals surface area contributed by atoms with Gasteiger partial charge in [-0.1, -0.05) is 129 Å². The molecule has 3 heteroatoms. The summed E-state index contributed by atoms with van der Waals surface area (Å²) >= 11 is 0. The Balaban J connectivity index is 1.04. The van der Waals surface area contributed by atoms with Crippen molar-refractivity contribution in [3.8, 4) is 56.3 Å². The van der Waals surface area contributed by atoms with E-state index in [9.17, 15) is 5.26 Å². The maximum absolute atomic E-state index is 9.41. The zero-order valence-electron chi connectivity index (χ0n) is 30.7. The topological polar surface area (TPSA) is 40.8 Å². The summed E-state index contributed by atoms with van der Waals surface area (Å²) in [5, 5.41) is 15.7. The van der Waals surface area contributed by atoms with Gasteiger partial charge in [-0.25, -0.2) is 0 Å². The maximum Gasteiger partial charge on any atom is 0.0991 e. The average Bonchev–Trinajstić information content (AvgIpc) is 3.69. The van der Waals surface area contributed by atoms with Gasteiger partial charge in [-0.05, 0) is 117 Å². The minimum absolute atomic E-state index is 0.0633. The van der Waals surface area contributed by atoms with Crippen molar-refractivity contribution in [2.75, 3.05) is 5.32 Å². The van der Waals surface area contributed by atoms with Crippen LogP contribution in [0.15, 0.2) is 182 Å². The van der Waals surface area contributed by atoms with Crippen LogP contribution in [0.25, 0.3) is 72.0 Å². The van der Waals surface area contributed by atoms with E-state index in [0.717, 1.165) is 44.8 Å². The number of nitrogens with zero attached hydrogens (tertiary/aromatic N) is 2. The molecule has 0 unspecified atom stereocenters. The van der Waals surface area contributed by atoms with Crippen LogP contribution in [0, 0.1) is 11.3 Å². The molecule has 8 aromatic carbocycles. The first-order valence-electron chi connectivity index (χ1n) is 18.8. The molecule has 0 aliphatic heterocycles. The minimum atomic E-state index is -0.0633. The van der Waals surface area contributed by atoms with Gasteiger partial charge in [-0.2, -0.15) is 5.26 Å². The van der Waals surface area contributed by atoms with Gasteiger partial charge in [0.05, 0.1) is 22.7 Å². The van der Waals surface area contributed by atoms with Crippen LogP contribution >= 0.6 is 0 Å². The second-order valence-corrected chi connectivity index (χ2v) is 15.0. The molecule has 0 radical (unpaired) electrons. The number of nitriles is 1. The van der Waals surface area contributed by atoms with Crippen LogP contribution in [0.3, 0.4) is 0 Å². The number of rotatable bonds is 6. The van der Waals surface area contributed by atoms with Gasteiger partial charge in [0.2, 0.25) is 0 Å². The first-order chi connectivity index (χ1) is 27.0. The molecule has 9 aromatic rings. The number of aromatic nitrogens is 1. The van der Waals surface area contributed by atoms with Gasteiger partial charge in [-0.3, -0.25) is 0 Å². The van der Waals surface area contributed by atoms with Gasteiger partial charge >= 0.3 is 0 Å². The van der Waals surface area contributed by atoms with Gasteiger partial charge < -0.3 is 9.88 Å². The summed E-state index contributed by atoms with van der Waals surface area (Å²) in [6.45, 7) is 4.66. The number of nitrogens with one attached hydrogen (secondary N) is 1. The highest BCUT2D eigenvalue weighted by molar-refractivity contribution is 6.10. The number of hydrogen-bond donors (Lipinski definition) is 1. The van der Waals surface area contributed by atoms with E-state index in [0.29, 0.717) is 5.56 Å². The van der Waals surface area contributed by atoms with Crippen LogP contribution in [-0.2, 0) is 5.41 Å². The summed E-state index contributed by atoms with van der Waals surface area (Å²) in [6.07, 6.45) is 0. The second-order valence-electron chi connectivity index (χ2n) is 15.0. The molecule has 55 heavy (non-hydrogen) atoms. The fraction of sp³-hybridized carbons (Fsp3) is 0.0577. The van der Waals surface area contributed by atoms with Crippen molar-refractivity contribution in [2.45, 2.75) is 19.3 Å². The van der Waals surface area contributed by atoms with E-state index in [1.54, 1.807) is 0 Å². The standard InChI is InChI=1S/C52H37N3/c1-52(2)47-17-8-6-15-42(47)43-26-23-40(32-48(43)52)54-49-27-21-38(30-45(49)36-12-4-3-5-13-36)39-22-28-51-46(31-39)44-16-7-9-18-50(44)55(51)41-24-19-35(20-25-41)37-14-10-11-34(29-37)33-53/h3-32,54H,1-2H3. The van der Waals surface area contributed by atoms with E-state index < -0.39 is 0 Å². The van der Waals surface area contributed by atoms with Gasteiger partial charge in [0.15, 0.2) is 0 Å². The molecule has 0 bridgehead atoms. The molecule has 260 valence electrons. The van der Waals surface area contributed by atoms with Gasteiger partial charge in [0.25, 0.3) is 0 Å². The lowest BCUT2D eigenvalue weighted by molar-refractivity contribution is 0.660. The summed E-state index contributed by atoms with van der Waals surface area (Å²) in [5.41, 5.74) is 18.4. The lowest BCUT2D eigenvalue weighted by atomic mass is 9.82. The van der Waals surface area contributed by atoms with Crippen molar-refractivity contribution in [3.05, 3.63) is 199 Å². The summed E-state index contributed by atoms with van der Waals surface area (Å²) in [7, 11) is 0. The molecular formula is C52H37N3. The van der Waals surface area contributed by atoms with E-state index >= 15 is 0 Å². The van der Waals surface area contributed by atoms with E-state index in [2.05, 4.69) is 194 Å². The smallest absolute Gasteiger partial charge is 0.0991 e. The largest absolute Gasteiger partial charge is 0.355 e. The molecule has 1 heterocycles. The van der Waals surface area contributed by atoms with Crippen molar-refractivity contribution in [1.29, 1.82) is 5.26 Å². The molecule has 1 N–H and O–H groups in total. The van der Waals surface area contributed by atoms with Crippen LogP contribution in [0.2, 0.25) is 0 Å². The number of anilines is 2. The predicted molar refractivity (Wildman–Crippen MR) is 229 cm³/mol. The Bertz CT molecular complexity index is 2980. The highest BCUT2D eigenvalue weighted by Crippen LogP contribution is 2.49. The lowest BCUT2D eigenvalue weighted by Gasteiger charge is -2.22.